The number of hydrogen-bond donors (Lipinski definition) is 2. The molecule has 0 aromatic heterocycles. The van der Waals surface area contributed by atoms with Crippen LogP contribution in [-0.2, 0) is 4.79 Å². The summed E-state index contributed by atoms with van der Waals surface area (Å²) in [6, 6.07) is 5.97. The Bertz CT molecular complexity index is 368. The molecule has 17 heavy (non-hydrogen) atoms. The number of carbonyl (C=O) groups excluding carboxylic acids is 1. The average molecular weight is 237 g/mol. The van der Waals surface area contributed by atoms with Crippen molar-refractivity contribution in [2.45, 2.75) is 26.9 Å². The Balaban J connectivity index is 2.33. The van der Waals surface area contributed by atoms with Gasteiger partial charge in [-0.1, -0.05) is 6.07 Å². The molecular weight excluding hydrogens is 218 g/mol. The van der Waals surface area contributed by atoms with Gasteiger partial charge in [-0.05, 0) is 44.0 Å². The summed E-state index contributed by atoms with van der Waals surface area (Å²) >= 11 is 0. The quantitative estimate of drug-likeness (QED) is 0.756. The van der Waals surface area contributed by atoms with E-state index in [1.54, 1.807) is 0 Å². The van der Waals surface area contributed by atoms with E-state index in [2.05, 4.69) is 11.4 Å². The minimum Gasteiger partial charge on any atom is -0.492 e. The third kappa shape index (κ3) is 4.87. The predicted molar refractivity (Wildman–Crippen MR) is 66.1 cm³/mol. The normalized spacial score (nSPS) is 12.0. The molecule has 0 spiro atoms. The summed E-state index contributed by atoms with van der Waals surface area (Å²) in [7, 11) is 0. The zero-order chi connectivity index (χ0) is 12.8. The maximum absolute atomic E-state index is 11.0. The first-order valence-electron chi connectivity index (χ1n) is 5.66. The molecule has 1 aromatic rings. The molecule has 1 rings (SSSR count). The molecule has 1 unspecified atom stereocenters. The van der Waals surface area contributed by atoms with Crippen LogP contribution in [0.4, 0.5) is 0 Å². The van der Waals surface area contributed by atoms with Crippen LogP contribution >= 0.6 is 0 Å². The van der Waals surface area contributed by atoms with Crippen molar-refractivity contribution in [3.63, 3.8) is 0 Å². The molecular formula is C13H19NO3. The maximum atomic E-state index is 11.0. The number of nitrogens with one attached hydrogen (secondary N) is 1. The Hall–Kier alpha value is -1.55. The topological polar surface area (TPSA) is 58.6 Å². The second-order valence-electron chi connectivity index (χ2n) is 4.14. The monoisotopic (exact) mass is 237 g/mol. The molecule has 0 fully saturated rings. The molecule has 2 N–H and O–H groups in total. The van der Waals surface area contributed by atoms with Crippen molar-refractivity contribution in [3.8, 4) is 5.75 Å². The minimum atomic E-state index is -0.976. The van der Waals surface area contributed by atoms with Gasteiger partial charge < -0.3 is 15.2 Å². The highest BCUT2D eigenvalue weighted by atomic mass is 16.5. The lowest BCUT2D eigenvalue weighted by atomic mass is 10.1. The SMILES string of the molecule is Cc1cc(C)cc(OCCNC(=O)C(C)O)c1. The number of carbonyl (C=O) groups is 1. The van der Waals surface area contributed by atoms with Gasteiger partial charge in [0.05, 0.1) is 6.54 Å². The lowest BCUT2D eigenvalue weighted by Crippen LogP contribution is -2.35. The van der Waals surface area contributed by atoms with Crippen LogP contribution in [0.3, 0.4) is 0 Å². The Morgan fingerprint density at radius 1 is 1.35 bits per heavy atom. The number of hydrogen-bond acceptors (Lipinski definition) is 3. The van der Waals surface area contributed by atoms with Crippen molar-refractivity contribution in [3.05, 3.63) is 29.3 Å². The molecule has 0 saturated carbocycles. The van der Waals surface area contributed by atoms with E-state index in [1.807, 2.05) is 26.0 Å². The fourth-order valence-electron chi connectivity index (χ4n) is 1.51. The van der Waals surface area contributed by atoms with Crippen LogP contribution in [0.25, 0.3) is 0 Å². The van der Waals surface area contributed by atoms with Gasteiger partial charge in [0.2, 0.25) is 5.91 Å². The van der Waals surface area contributed by atoms with Crippen molar-refractivity contribution in [1.82, 2.24) is 5.32 Å². The van der Waals surface area contributed by atoms with Crippen LogP contribution in [0, 0.1) is 13.8 Å². The predicted octanol–water partition coefficient (Wildman–Crippen LogP) is 1.18. The zero-order valence-corrected chi connectivity index (χ0v) is 10.5. The van der Waals surface area contributed by atoms with E-state index in [0.717, 1.165) is 16.9 Å². The summed E-state index contributed by atoms with van der Waals surface area (Å²) in [5.74, 6) is 0.419. The second kappa shape index (κ2) is 6.25. The lowest BCUT2D eigenvalue weighted by Gasteiger charge is -2.10. The maximum Gasteiger partial charge on any atom is 0.248 e. The first kappa shape index (κ1) is 13.5. The van der Waals surface area contributed by atoms with Gasteiger partial charge in [-0.2, -0.15) is 0 Å². The molecule has 4 heteroatoms. The van der Waals surface area contributed by atoms with Crippen molar-refractivity contribution >= 4 is 5.91 Å². The molecule has 1 amide bonds. The number of rotatable bonds is 5. The number of aliphatic hydroxyl groups excluding tert-OH is 1. The molecule has 0 bridgehead atoms. The van der Waals surface area contributed by atoms with E-state index < -0.39 is 6.10 Å². The van der Waals surface area contributed by atoms with Gasteiger partial charge >= 0.3 is 0 Å². The van der Waals surface area contributed by atoms with Crippen molar-refractivity contribution < 1.29 is 14.6 Å². The third-order valence-electron chi connectivity index (χ3n) is 2.24. The third-order valence-corrected chi connectivity index (χ3v) is 2.24. The van der Waals surface area contributed by atoms with Crippen molar-refractivity contribution in [2.24, 2.45) is 0 Å². The van der Waals surface area contributed by atoms with Crippen LogP contribution in [0.5, 0.6) is 5.75 Å². The fraction of sp³-hybridized carbons (Fsp3) is 0.462. The largest absolute Gasteiger partial charge is 0.492 e. The molecule has 0 heterocycles. The summed E-state index contributed by atoms with van der Waals surface area (Å²) < 4.78 is 5.50. The molecule has 1 aromatic carbocycles. The number of aryl methyl sites for hydroxylation is 2. The summed E-state index contributed by atoms with van der Waals surface area (Å²) in [5.41, 5.74) is 2.29. The van der Waals surface area contributed by atoms with Crippen LogP contribution < -0.4 is 10.1 Å². The van der Waals surface area contributed by atoms with E-state index in [1.165, 1.54) is 6.92 Å². The second-order valence-corrected chi connectivity index (χ2v) is 4.14. The van der Waals surface area contributed by atoms with Crippen molar-refractivity contribution in [2.75, 3.05) is 13.2 Å². The van der Waals surface area contributed by atoms with Gasteiger partial charge in [0.15, 0.2) is 0 Å². The fourth-order valence-corrected chi connectivity index (χ4v) is 1.51. The van der Waals surface area contributed by atoms with Gasteiger partial charge in [-0.25, -0.2) is 0 Å². The first-order chi connectivity index (χ1) is 7.99. The average Bonchev–Trinajstić information content (AvgIpc) is 2.22. The summed E-state index contributed by atoms with van der Waals surface area (Å²) in [5, 5.41) is 11.5. The Morgan fingerprint density at radius 3 is 2.47 bits per heavy atom. The molecule has 94 valence electrons. The molecule has 0 aliphatic carbocycles. The molecule has 0 aliphatic heterocycles. The summed E-state index contributed by atoms with van der Waals surface area (Å²) in [6.07, 6.45) is -0.976. The van der Waals surface area contributed by atoms with Crippen LogP contribution in [0.1, 0.15) is 18.1 Å². The highest BCUT2D eigenvalue weighted by Crippen LogP contribution is 2.15. The minimum absolute atomic E-state index is 0.381. The van der Waals surface area contributed by atoms with Crippen LogP contribution in [0.15, 0.2) is 18.2 Å². The van der Waals surface area contributed by atoms with Gasteiger partial charge in [-0.15, -0.1) is 0 Å². The molecule has 0 radical (unpaired) electrons. The summed E-state index contributed by atoms with van der Waals surface area (Å²) in [6.45, 7) is 6.22. The number of amides is 1. The van der Waals surface area contributed by atoms with Gasteiger partial charge in [0.1, 0.15) is 18.5 Å². The van der Waals surface area contributed by atoms with Gasteiger partial charge in [-0.3, -0.25) is 4.79 Å². The zero-order valence-electron chi connectivity index (χ0n) is 10.5. The van der Waals surface area contributed by atoms with E-state index in [-0.39, 0.29) is 5.91 Å². The van der Waals surface area contributed by atoms with Crippen LogP contribution in [-0.4, -0.2) is 30.3 Å². The first-order valence-corrected chi connectivity index (χ1v) is 5.66. The molecule has 0 aliphatic rings. The highest BCUT2D eigenvalue weighted by molar-refractivity contribution is 5.79. The smallest absolute Gasteiger partial charge is 0.248 e. The van der Waals surface area contributed by atoms with Crippen LogP contribution in [0.2, 0.25) is 0 Å². The standard InChI is InChI=1S/C13H19NO3/c1-9-6-10(2)8-12(7-9)17-5-4-14-13(16)11(3)15/h6-8,11,15H,4-5H2,1-3H3,(H,14,16). The van der Waals surface area contributed by atoms with E-state index in [0.29, 0.717) is 13.2 Å². The van der Waals surface area contributed by atoms with Crippen molar-refractivity contribution in [1.29, 1.82) is 0 Å². The molecule has 4 nitrogen and oxygen atoms in total. The Kier molecular flexibility index (Phi) is 4.97. The number of aliphatic hydroxyl groups is 1. The molecule has 0 saturated heterocycles. The van der Waals surface area contributed by atoms with Gasteiger partial charge in [0.25, 0.3) is 0 Å². The summed E-state index contributed by atoms with van der Waals surface area (Å²) in [4.78, 5) is 11.0. The van der Waals surface area contributed by atoms with E-state index >= 15 is 0 Å². The van der Waals surface area contributed by atoms with E-state index in [4.69, 9.17) is 9.84 Å². The lowest BCUT2D eigenvalue weighted by molar-refractivity contribution is -0.128. The number of benzene rings is 1. The highest BCUT2D eigenvalue weighted by Gasteiger charge is 2.06. The van der Waals surface area contributed by atoms with E-state index in [9.17, 15) is 4.79 Å². The Labute approximate surface area is 102 Å². The van der Waals surface area contributed by atoms with Gasteiger partial charge in [0, 0.05) is 0 Å². The molecule has 1 atom stereocenters. The number of ether oxygens (including phenoxy) is 1. The Morgan fingerprint density at radius 2 is 1.94 bits per heavy atom.